The van der Waals surface area contributed by atoms with E-state index in [0.717, 1.165) is 5.56 Å². The number of nitrogens with zero attached hydrogens (tertiary/aromatic N) is 1. The Labute approximate surface area is 115 Å². The fourth-order valence-electron chi connectivity index (χ4n) is 1.57. The van der Waals surface area contributed by atoms with Gasteiger partial charge in [0.2, 0.25) is 0 Å². The van der Waals surface area contributed by atoms with Gasteiger partial charge in [0, 0.05) is 11.8 Å². The lowest BCUT2D eigenvalue weighted by Gasteiger charge is -2.08. The monoisotopic (exact) mass is 276 g/mol. The molecule has 0 aliphatic carbocycles. The van der Waals surface area contributed by atoms with Crippen LogP contribution < -0.4 is 16.6 Å². The van der Waals surface area contributed by atoms with Crippen LogP contribution in [0.5, 0.6) is 0 Å². The van der Waals surface area contributed by atoms with E-state index in [4.69, 9.17) is 17.4 Å². The average Bonchev–Trinajstić information content (AvgIpc) is 2.42. The van der Waals surface area contributed by atoms with Crippen molar-refractivity contribution in [3.63, 3.8) is 0 Å². The van der Waals surface area contributed by atoms with Crippen molar-refractivity contribution in [1.29, 1.82) is 0 Å². The minimum absolute atomic E-state index is 0.273. The van der Waals surface area contributed by atoms with E-state index < -0.39 is 0 Å². The smallest absolute Gasteiger partial charge is 0.255 e. The Hall–Kier alpha value is -2.11. The number of rotatable bonds is 3. The van der Waals surface area contributed by atoms with Crippen LogP contribution in [0.4, 0.5) is 11.5 Å². The first kappa shape index (κ1) is 13.3. The number of amides is 1. The van der Waals surface area contributed by atoms with E-state index in [1.165, 1.54) is 6.20 Å². The predicted molar refractivity (Wildman–Crippen MR) is 76.2 cm³/mol. The third-order valence-corrected chi connectivity index (χ3v) is 2.86. The Morgan fingerprint density at radius 3 is 2.79 bits per heavy atom. The summed E-state index contributed by atoms with van der Waals surface area (Å²) in [7, 11) is 0. The Balaban J connectivity index is 2.20. The number of hydrazine groups is 1. The van der Waals surface area contributed by atoms with Crippen LogP contribution in [0.15, 0.2) is 36.5 Å². The minimum Gasteiger partial charge on any atom is -0.321 e. The lowest BCUT2D eigenvalue weighted by Crippen LogP contribution is -2.14. The number of hydrogen-bond donors (Lipinski definition) is 3. The van der Waals surface area contributed by atoms with Gasteiger partial charge in [-0.1, -0.05) is 17.7 Å². The molecule has 2 aromatic rings. The standard InChI is InChI=1S/C13H13ClN4O/c1-8-2-3-11(10(14)6-8)17-13(19)9-4-5-16-12(7-9)18-15/h2-7H,15H2,1H3,(H,16,18)(H,17,19). The van der Waals surface area contributed by atoms with E-state index in [-0.39, 0.29) is 5.91 Å². The first-order chi connectivity index (χ1) is 9.10. The summed E-state index contributed by atoms with van der Waals surface area (Å²) in [5.41, 5.74) is 4.43. The normalized spacial score (nSPS) is 10.1. The summed E-state index contributed by atoms with van der Waals surface area (Å²) in [5.74, 6) is 5.39. The van der Waals surface area contributed by atoms with Gasteiger partial charge in [-0.05, 0) is 36.8 Å². The molecule has 98 valence electrons. The van der Waals surface area contributed by atoms with E-state index in [1.54, 1.807) is 24.3 Å². The van der Waals surface area contributed by atoms with Crippen molar-refractivity contribution >= 4 is 29.0 Å². The topological polar surface area (TPSA) is 80.0 Å². The van der Waals surface area contributed by atoms with E-state index in [9.17, 15) is 4.79 Å². The molecular weight excluding hydrogens is 264 g/mol. The lowest BCUT2D eigenvalue weighted by atomic mass is 10.2. The summed E-state index contributed by atoms with van der Waals surface area (Å²) >= 11 is 6.06. The Morgan fingerprint density at radius 2 is 2.11 bits per heavy atom. The number of anilines is 2. The number of pyridine rings is 1. The first-order valence-corrected chi connectivity index (χ1v) is 5.98. The Kier molecular flexibility index (Phi) is 3.99. The number of carbonyl (C=O) groups is 1. The van der Waals surface area contributed by atoms with Gasteiger partial charge in [-0.25, -0.2) is 10.8 Å². The first-order valence-electron chi connectivity index (χ1n) is 5.60. The summed E-state index contributed by atoms with van der Waals surface area (Å²) in [6.45, 7) is 1.93. The van der Waals surface area contributed by atoms with Crippen LogP contribution in [-0.2, 0) is 0 Å². The highest BCUT2D eigenvalue weighted by molar-refractivity contribution is 6.34. The van der Waals surface area contributed by atoms with Crippen molar-refractivity contribution < 1.29 is 4.79 Å². The maximum absolute atomic E-state index is 12.1. The highest BCUT2D eigenvalue weighted by Gasteiger charge is 2.09. The van der Waals surface area contributed by atoms with Gasteiger partial charge in [-0.3, -0.25) is 4.79 Å². The number of carbonyl (C=O) groups excluding carboxylic acids is 1. The molecule has 19 heavy (non-hydrogen) atoms. The molecule has 0 radical (unpaired) electrons. The second kappa shape index (κ2) is 5.69. The number of nitrogen functional groups attached to an aromatic ring is 1. The van der Waals surface area contributed by atoms with Crippen LogP contribution in [0, 0.1) is 6.92 Å². The summed E-state index contributed by atoms with van der Waals surface area (Å²) in [6, 6.07) is 8.58. The molecule has 1 amide bonds. The highest BCUT2D eigenvalue weighted by atomic mass is 35.5. The lowest BCUT2D eigenvalue weighted by molar-refractivity contribution is 0.102. The molecule has 1 heterocycles. The second-order valence-corrected chi connectivity index (χ2v) is 4.42. The van der Waals surface area contributed by atoms with Crippen LogP contribution in [0.3, 0.4) is 0 Å². The number of nitrogens with one attached hydrogen (secondary N) is 2. The minimum atomic E-state index is -0.273. The third-order valence-electron chi connectivity index (χ3n) is 2.54. The molecule has 0 saturated carbocycles. The molecule has 0 saturated heterocycles. The van der Waals surface area contributed by atoms with Gasteiger partial charge in [0.25, 0.3) is 5.91 Å². The molecule has 2 rings (SSSR count). The number of nitrogens with two attached hydrogens (primary N) is 1. The van der Waals surface area contributed by atoms with Gasteiger partial charge in [-0.15, -0.1) is 0 Å². The molecule has 0 bridgehead atoms. The molecule has 0 fully saturated rings. The molecule has 0 unspecified atom stereocenters. The number of hydrogen-bond acceptors (Lipinski definition) is 4. The summed E-state index contributed by atoms with van der Waals surface area (Å²) in [5, 5.41) is 3.24. The largest absolute Gasteiger partial charge is 0.321 e. The van der Waals surface area contributed by atoms with Crippen LogP contribution >= 0.6 is 11.6 Å². The van der Waals surface area contributed by atoms with Crippen molar-refractivity contribution in [3.8, 4) is 0 Å². The molecule has 6 heteroatoms. The Bertz CT molecular complexity index is 615. The number of aromatic nitrogens is 1. The zero-order valence-electron chi connectivity index (χ0n) is 10.3. The zero-order valence-corrected chi connectivity index (χ0v) is 11.0. The molecule has 0 aliphatic heterocycles. The van der Waals surface area contributed by atoms with Crippen LogP contribution in [0.25, 0.3) is 0 Å². The fraction of sp³-hybridized carbons (Fsp3) is 0.0769. The van der Waals surface area contributed by atoms with Crippen molar-refractivity contribution in [2.75, 3.05) is 10.7 Å². The predicted octanol–water partition coefficient (Wildman–Crippen LogP) is 2.58. The van der Waals surface area contributed by atoms with E-state index >= 15 is 0 Å². The molecule has 0 atom stereocenters. The van der Waals surface area contributed by atoms with Crippen molar-refractivity contribution in [3.05, 3.63) is 52.7 Å². The molecule has 4 N–H and O–H groups in total. The average molecular weight is 277 g/mol. The van der Waals surface area contributed by atoms with E-state index in [0.29, 0.717) is 22.1 Å². The summed E-state index contributed by atoms with van der Waals surface area (Å²) in [6.07, 6.45) is 1.50. The van der Waals surface area contributed by atoms with Gasteiger partial charge < -0.3 is 10.7 Å². The number of aryl methyl sites for hydroxylation is 1. The van der Waals surface area contributed by atoms with E-state index in [1.807, 2.05) is 13.0 Å². The summed E-state index contributed by atoms with van der Waals surface area (Å²) in [4.78, 5) is 16.0. The third kappa shape index (κ3) is 3.21. The highest BCUT2D eigenvalue weighted by Crippen LogP contribution is 2.23. The van der Waals surface area contributed by atoms with Gasteiger partial charge >= 0.3 is 0 Å². The van der Waals surface area contributed by atoms with Gasteiger partial charge in [-0.2, -0.15) is 0 Å². The molecule has 1 aromatic carbocycles. The maximum atomic E-state index is 12.1. The number of halogens is 1. The molecule has 0 aliphatic rings. The van der Waals surface area contributed by atoms with Crippen molar-refractivity contribution in [1.82, 2.24) is 4.98 Å². The van der Waals surface area contributed by atoms with E-state index in [2.05, 4.69) is 15.7 Å². The van der Waals surface area contributed by atoms with Crippen LogP contribution in [0.2, 0.25) is 5.02 Å². The van der Waals surface area contributed by atoms with Crippen molar-refractivity contribution in [2.45, 2.75) is 6.92 Å². The Morgan fingerprint density at radius 1 is 1.32 bits per heavy atom. The molecular formula is C13H13ClN4O. The fourth-order valence-corrected chi connectivity index (χ4v) is 1.85. The maximum Gasteiger partial charge on any atom is 0.255 e. The van der Waals surface area contributed by atoms with Gasteiger partial charge in [0.05, 0.1) is 10.7 Å². The molecule has 1 aromatic heterocycles. The van der Waals surface area contributed by atoms with Crippen LogP contribution in [0.1, 0.15) is 15.9 Å². The number of benzene rings is 1. The SMILES string of the molecule is Cc1ccc(NC(=O)c2ccnc(NN)c2)c(Cl)c1. The van der Waals surface area contributed by atoms with Crippen molar-refractivity contribution in [2.24, 2.45) is 5.84 Å². The van der Waals surface area contributed by atoms with Gasteiger partial charge in [0.1, 0.15) is 5.82 Å². The van der Waals surface area contributed by atoms with Crippen LogP contribution in [-0.4, -0.2) is 10.9 Å². The zero-order chi connectivity index (χ0) is 13.8. The second-order valence-electron chi connectivity index (χ2n) is 4.01. The quantitative estimate of drug-likeness (QED) is 0.595. The molecule has 0 spiro atoms. The molecule has 5 nitrogen and oxygen atoms in total. The van der Waals surface area contributed by atoms with Gasteiger partial charge in [0.15, 0.2) is 0 Å². The summed E-state index contributed by atoms with van der Waals surface area (Å²) < 4.78 is 0.